The predicted octanol–water partition coefficient (Wildman–Crippen LogP) is 1.28. The maximum atomic E-state index is 11.3. The molecule has 0 aromatic carbocycles. The Morgan fingerprint density at radius 2 is 1.95 bits per heavy atom. The molecule has 112 valence electrons. The van der Waals surface area contributed by atoms with Gasteiger partial charge in [0.1, 0.15) is 11.2 Å². The molecule has 5 heteroatoms. The van der Waals surface area contributed by atoms with Crippen LogP contribution in [-0.4, -0.2) is 38.8 Å². The number of carboxylic acids is 1. The molecule has 0 aliphatic heterocycles. The maximum Gasteiger partial charge on any atom is 0.331 e. The van der Waals surface area contributed by atoms with E-state index in [9.17, 15) is 19.8 Å². The van der Waals surface area contributed by atoms with Gasteiger partial charge in [0, 0.05) is 5.57 Å². The second-order valence-corrected chi connectivity index (χ2v) is 6.59. The van der Waals surface area contributed by atoms with Gasteiger partial charge in [0.15, 0.2) is 6.29 Å². The Bertz CT molecular complexity index is 459. The van der Waals surface area contributed by atoms with Gasteiger partial charge < -0.3 is 20.1 Å². The van der Waals surface area contributed by atoms with Crippen LogP contribution in [0.1, 0.15) is 45.4 Å². The van der Waals surface area contributed by atoms with Crippen LogP contribution < -0.4 is 0 Å². The monoisotopic (exact) mass is 282 g/mol. The van der Waals surface area contributed by atoms with Crippen molar-refractivity contribution in [2.75, 3.05) is 0 Å². The number of carbonyl (C=O) groups is 2. The third kappa shape index (κ3) is 1.91. The number of carboxylic acid groups (broad SMARTS) is 1. The quantitative estimate of drug-likeness (QED) is 0.535. The summed E-state index contributed by atoms with van der Waals surface area (Å²) in [7, 11) is 0. The van der Waals surface area contributed by atoms with Gasteiger partial charge in [-0.15, -0.1) is 0 Å². The molecule has 0 saturated heterocycles. The van der Waals surface area contributed by atoms with Crippen molar-refractivity contribution in [3.05, 3.63) is 12.2 Å². The van der Waals surface area contributed by atoms with Crippen molar-refractivity contribution in [3.8, 4) is 0 Å². The number of aliphatic hydroxyl groups is 2. The molecule has 0 amide bonds. The summed E-state index contributed by atoms with van der Waals surface area (Å²) in [5, 5.41) is 30.7. The standard InChI is InChI=1S/C15H22O5/c1-10(12(17)18)11-4-7-13(2)5-3-6-14(19,9-16)15(13,20)8-11/h9,11,19-20H,1,3-8H2,2H3,(H,17,18). The van der Waals surface area contributed by atoms with Gasteiger partial charge in [-0.2, -0.15) is 0 Å². The number of hydrogen-bond acceptors (Lipinski definition) is 4. The van der Waals surface area contributed by atoms with Gasteiger partial charge in [-0.25, -0.2) is 4.79 Å². The lowest BCUT2D eigenvalue weighted by atomic mass is 9.50. The highest BCUT2D eigenvalue weighted by Gasteiger charge is 2.64. The molecule has 0 bridgehead atoms. The first kappa shape index (κ1) is 15.2. The van der Waals surface area contributed by atoms with E-state index in [1.807, 2.05) is 6.92 Å². The maximum absolute atomic E-state index is 11.3. The van der Waals surface area contributed by atoms with Crippen molar-refractivity contribution in [2.45, 2.75) is 56.7 Å². The van der Waals surface area contributed by atoms with E-state index in [2.05, 4.69) is 6.58 Å². The summed E-state index contributed by atoms with van der Waals surface area (Å²) in [6.45, 7) is 5.44. The van der Waals surface area contributed by atoms with E-state index >= 15 is 0 Å². The Kier molecular flexibility index (Phi) is 3.55. The molecule has 2 aliphatic rings. The summed E-state index contributed by atoms with van der Waals surface area (Å²) in [5.74, 6) is -1.50. The molecule has 3 N–H and O–H groups in total. The second-order valence-electron chi connectivity index (χ2n) is 6.59. The topological polar surface area (TPSA) is 94.8 Å². The zero-order chi connectivity index (χ0) is 15.2. The molecule has 2 fully saturated rings. The molecular formula is C15H22O5. The van der Waals surface area contributed by atoms with E-state index in [0.29, 0.717) is 25.5 Å². The number of fused-ring (bicyclic) bond motifs is 1. The van der Waals surface area contributed by atoms with E-state index < -0.39 is 28.5 Å². The molecule has 5 nitrogen and oxygen atoms in total. The first-order valence-electron chi connectivity index (χ1n) is 7.02. The summed E-state index contributed by atoms with van der Waals surface area (Å²) in [6, 6.07) is 0. The van der Waals surface area contributed by atoms with Gasteiger partial charge in [0.05, 0.1) is 0 Å². The van der Waals surface area contributed by atoms with Crippen molar-refractivity contribution >= 4 is 12.3 Å². The van der Waals surface area contributed by atoms with Crippen LogP contribution in [0, 0.1) is 11.3 Å². The molecule has 0 radical (unpaired) electrons. The highest BCUT2D eigenvalue weighted by atomic mass is 16.4. The second kappa shape index (κ2) is 4.67. The van der Waals surface area contributed by atoms with E-state index in [4.69, 9.17) is 5.11 Å². The van der Waals surface area contributed by atoms with Crippen LogP contribution in [0.3, 0.4) is 0 Å². The lowest BCUT2D eigenvalue weighted by molar-refractivity contribution is -0.242. The minimum Gasteiger partial charge on any atom is -0.478 e. The molecular weight excluding hydrogens is 260 g/mol. The third-order valence-corrected chi connectivity index (χ3v) is 5.55. The fourth-order valence-corrected chi connectivity index (χ4v) is 4.02. The minimum atomic E-state index is -1.79. The highest BCUT2D eigenvalue weighted by Crippen LogP contribution is 2.58. The Balaban J connectivity index is 2.38. The molecule has 4 unspecified atom stereocenters. The van der Waals surface area contributed by atoms with E-state index in [1.165, 1.54) is 0 Å². The largest absolute Gasteiger partial charge is 0.478 e. The van der Waals surface area contributed by atoms with Gasteiger partial charge in [0.2, 0.25) is 0 Å². The summed E-state index contributed by atoms with van der Waals surface area (Å²) >= 11 is 0. The smallest absolute Gasteiger partial charge is 0.331 e. The molecule has 4 atom stereocenters. The molecule has 2 rings (SSSR count). The number of hydrogen-bond donors (Lipinski definition) is 3. The van der Waals surface area contributed by atoms with Crippen molar-refractivity contribution in [1.82, 2.24) is 0 Å². The minimum absolute atomic E-state index is 0.0410. The Morgan fingerprint density at radius 1 is 1.30 bits per heavy atom. The lowest BCUT2D eigenvalue weighted by Crippen LogP contribution is -2.68. The van der Waals surface area contributed by atoms with Gasteiger partial charge in [-0.05, 0) is 49.9 Å². The average Bonchev–Trinajstić information content (AvgIpc) is 2.39. The van der Waals surface area contributed by atoms with Gasteiger partial charge in [-0.3, -0.25) is 0 Å². The van der Waals surface area contributed by atoms with E-state index in [0.717, 1.165) is 6.42 Å². The highest BCUT2D eigenvalue weighted by molar-refractivity contribution is 5.86. The lowest BCUT2D eigenvalue weighted by Gasteiger charge is -2.59. The summed E-state index contributed by atoms with van der Waals surface area (Å²) in [6.07, 6.45) is 3.31. The molecule has 0 heterocycles. The number of rotatable bonds is 3. The Hall–Kier alpha value is -1.20. The van der Waals surface area contributed by atoms with Crippen molar-refractivity contribution in [1.29, 1.82) is 0 Å². The normalized spacial score (nSPS) is 44.5. The predicted molar refractivity (Wildman–Crippen MR) is 72.0 cm³/mol. The fourth-order valence-electron chi connectivity index (χ4n) is 4.02. The van der Waals surface area contributed by atoms with Crippen LogP contribution >= 0.6 is 0 Å². The molecule has 0 spiro atoms. The summed E-state index contributed by atoms with van der Waals surface area (Å²) in [5.41, 5.74) is -3.89. The summed E-state index contributed by atoms with van der Waals surface area (Å²) < 4.78 is 0. The third-order valence-electron chi connectivity index (χ3n) is 5.55. The van der Waals surface area contributed by atoms with Crippen LogP contribution in [-0.2, 0) is 9.59 Å². The molecule has 0 aromatic heterocycles. The number of aldehydes is 1. The molecule has 20 heavy (non-hydrogen) atoms. The van der Waals surface area contributed by atoms with Crippen molar-refractivity contribution in [2.24, 2.45) is 11.3 Å². The molecule has 2 saturated carbocycles. The zero-order valence-electron chi connectivity index (χ0n) is 11.8. The van der Waals surface area contributed by atoms with Gasteiger partial charge >= 0.3 is 5.97 Å². The van der Waals surface area contributed by atoms with Crippen LogP contribution in [0.15, 0.2) is 12.2 Å². The van der Waals surface area contributed by atoms with Gasteiger partial charge in [0.25, 0.3) is 0 Å². The van der Waals surface area contributed by atoms with Crippen molar-refractivity contribution < 1.29 is 24.9 Å². The zero-order valence-corrected chi connectivity index (χ0v) is 11.8. The van der Waals surface area contributed by atoms with E-state index in [-0.39, 0.29) is 18.4 Å². The van der Waals surface area contributed by atoms with Crippen LogP contribution in [0.25, 0.3) is 0 Å². The Morgan fingerprint density at radius 3 is 2.50 bits per heavy atom. The van der Waals surface area contributed by atoms with Gasteiger partial charge in [-0.1, -0.05) is 13.5 Å². The van der Waals surface area contributed by atoms with Crippen LogP contribution in [0.5, 0.6) is 0 Å². The van der Waals surface area contributed by atoms with Crippen molar-refractivity contribution in [3.63, 3.8) is 0 Å². The average molecular weight is 282 g/mol. The Labute approximate surface area is 118 Å². The summed E-state index contributed by atoms with van der Waals surface area (Å²) in [4.78, 5) is 22.4. The molecule has 2 aliphatic carbocycles. The van der Waals surface area contributed by atoms with E-state index in [1.54, 1.807) is 0 Å². The number of aliphatic carboxylic acids is 1. The van der Waals surface area contributed by atoms with Crippen LogP contribution in [0.4, 0.5) is 0 Å². The first-order chi connectivity index (χ1) is 9.19. The molecule has 0 aromatic rings. The van der Waals surface area contributed by atoms with Crippen LogP contribution in [0.2, 0.25) is 0 Å². The first-order valence-corrected chi connectivity index (χ1v) is 7.02. The SMILES string of the molecule is C=C(C(=O)O)C1CCC2(C)CCCC(O)(C=O)C2(O)C1. The fraction of sp³-hybridized carbons (Fsp3) is 0.733. The number of carbonyl (C=O) groups excluding carboxylic acids is 1.